The third-order valence-electron chi connectivity index (χ3n) is 5.13. The molecule has 0 radical (unpaired) electrons. The summed E-state index contributed by atoms with van der Waals surface area (Å²) in [6.07, 6.45) is 3.53. The molecule has 0 spiro atoms. The van der Waals surface area contributed by atoms with Crippen LogP contribution in [0, 0.1) is 5.13 Å². The zero-order valence-corrected chi connectivity index (χ0v) is 16.4. The van der Waals surface area contributed by atoms with Crippen molar-refractivity contribution in [2.45, 2.75) is 0 Å². The van der Waals surface area contributed by atoms with Gasteiger partial charge in [0.25, 0.3) is 0 Å². The zero-order chi connectivity index (χ0) is 20.1. The van der Waals surface area contributed by atoms with Crippen LogP contribution in [0.5, 0.6) is 0 Å². The van der Waals surface area contributed by atoms with Gasteiger partial charge in [-0.1, -0.05) is 18.2 Å². The number of hydrogen-bond acceptors (Lipinski definition) is 4. The normalized spacial score (nSPS) is 11.5. The molecule has 0 unspecified atom stereocenters. The van der Waals surface area contributed by atoms with Crippen molar-refractivity contribution in [2.24, 2.45) is 0 Å². The van der Waals surface area contributed by atoms with E-state index in [2.05, 4.69) is 31.2 Å². The lowest BCUT2D eigenvalue weighted by Gasteiger charge is -2.00. The molecule has 1 aromatic carbocycles. The Hall–Kier alpha value is -3.84. The quantitative estimate of drug-likeness (QED) is 0.373. The van der Waals surface area contributed by atoms with E-state index in [0.717, 1.165) is 66.4 Å². The summed E-state index contributed by atoms with van der Waals surface area (Å²) in [5.41, 5.74) is 6.12. The number of nitrogens with one attached hydrogen (secondary N) is 2. The summed E-state index contributed by atoms with van der Waals surface area (Å²) in [6, 6.07) is 19.1. The Kier molecular flexibility index (Phi) is 3.75. The van der Waals surface area contributed by atoms with Crippen LogP contribution in [0.2, 0.25) is 0 Å². The lowest BCUT2D eigenvalue weighted by molar-refractivity contribution is 0.657. The maximum atomic E-state index is 13.6. The summed E-state index contributed by atoms with van der Waals surface area (Å²) < 4.78 is 13.6. The van der Waals surface area contributed by atoms with Crippen molar-refractivity contribution in [3.05, 3.63) is 78.2 Å². The summed E-state index contributed by atoms with van der Waals surface area (Å²) in [7, 11) is 0. The molecule has 0 aliphatic rings. The molecule has 0 bridgehead atoms. The largest absolute Gasteiger partial charge is 0.353 e. The molecule has 6 rings (SSSR count). The van der Waals surface area contributed by atoms with Crippen molar-refractivity contribution in [1.29, 1.82) is 0 Å². The highest BCUT2D eigenvalue weighted by Crippen LogP contribution is 2.36. The maximum absolute atomic E-state index is 13.6. The molecular formula is C23H14FN5S. The minimum atomic E-state index is -0.189. The van der Waals surface area contributed by atoms with Crippen molar-refractivity contribution in [3.63, 3.8) is 0 Å². The number of nitrogens with zero attached hydrogens (tertiary/aromatic N) is 3. The Morgan fingerprint density at radius 1 is 0.833 bits per heavy atom. The summed E-state index contributed by atoms with van der Waals surface area (Å²) >= 11 is 1.15. The third-order valence-corrected chi connectivity index (χ3v) is 6.04. The molecule has 30 heavy (non-hydrogen) atoms. The lowest BCUT2D eigenvalue weighted by Crippen LogP contribution is -1.86. The fourth-order valence-electron chi connectivity index (χ4n) is 3.73. The highest BCUT2D eigenvalue weighted by atomic mass is 32.1. The molecule has 5 nitrogen and oxygen atoms in total. The van der Waals surface area contributed by atoms with Crippen molar-refractivity contribution < 1.29 is 4.39 Å². The second kappa shape index (κ2) is 6.60. The molecule has 0 amide bonds. The summed E-state index contributed by atoms with van der Waals surface area (Å²) in [5, 5.41) is 9.39. The minimum Gasteiger partial charge on any atom is -0.353 e. The number of H-pyrrole nitrogens is 2. The number of rotatable bonds is 3. The predicted molar refractivity (Wildman–Crippen MR) is 118 cm³/mol. The Morgan fingerprint density at radius 2 is 1.80 bits per heavy atom. The Balaban J connectivity index is 1.52. The number of thiophene rings is 1. The SMILES string of the molecule is Fc1ccc(-c2cccc3[nH]c(-c4n[nH]c5cnc(-c6ccccn6)cc45)cc23)s1. The highest BCUT2D eigenvalue weighted by Gasteiger charge is 2.15. The van der Waals surface area contributed by atoms with Gasteiger partial charge in [0, 0.05) is 32.9 Å². The summed E-state index contributed by atoms with van der Waals surface area (Å²) in [4.78, 5) is 13.3. The van der Waals surface area contributed by atoms with Gasteiger partial charge >= 0.3 is 0 Å². The van der Waals surface area contributed by atoms with Gasteiger partial charge in [-0.05, 0) is 42.5 Å². The van der Waals surface area contributed by atoms with Crippen LogP contribution in [0.15, 0.2) is 73.1 Å². The van der Waals surface area contributed by atoms with E-state index in [1.54, 1.807) is 12.4 Å². The van der Waals surface area contributed by atoms with Crippen molar-refractivity contribution in [2.75, 3.05) is 0 Å². The van der Waals surface area contributed by atoms with Crippen LogP contribution >= 0.6 is 11.3 Å². The van der Waals surface area contributed by atoms with E-state index in [0.29, 0.717) is 0 Å². The number of benzene rings is 1. The molecule has 0 saturated carbocycles. The Morgan fingerprint density at radius 3 is 2.63 bits per heavy atom. The molecule has 5 heterocycles. The van der Waals surface area contributed by atoms with Gasteiger partial charge in [0.1, 0.15) is 5.69 Å². The van der Waals surface area contributed by atoms with Crippen LogP contribution in [0.4, 0.5) is 4.39 Å². The number of aromatic nitrogens is 5. The molecule has 0 saturated heterocycles. The van der Waals surface area contributed by atoms with E-state index in [1.165, 1.54) is 6.07 Å². The number of hydrogen-bond donors (Lipinski definition) is 2. The van der Waals surface area contributed by atoms with Gasteiger partial charge in [0.15, 0.2) is 5.13 Å². The van der Waals surface area contributed by atoms with Gasteiger partial charge in [0.2, 0.25) is 0 Å². The molecule has 0 aliphatic carbocycles. The van der Waals surface area contributed by atoms with Crippen LogP contribution in [0.1, 0.15) is 0 Å². The molecule has 2 N–H and O–H groups in total. The number of pyridine rings is 2. The molecule has 0 aliphatic heterocycles. The van der Waals surface area contributed by atoms with Crippen molar-refractivity contribution in [3.8, 4) is 33.2 Å². The van der Waals surface area contributed by atoms with Gasteiger partial charge in [-0.3, -0.25) is 15.1 Å². The zero-order valence-electron chi connectivity index (χ0n) is 15.6. The Bertz CT molecular complexity index is 1510. The molecule has 7 heteroatoms. The molecular weight excluding hydrogens is 397 g/mol. The van der Waals surface area contributed by atoms with E-state index >= 15 is 0 Å². The number of halogens is 1. The topological polar surface area (TPSA) is 70.2 Å². The lowest BCUT2D eigenvalue weighted by atomic mass is 10.1. The fraction of sp³-hybridized carbons (Fsp3) is 0. The predicted octanol–water partition coefficient (Wildman–Crippen LogP) is 6.04. The van der Waals surface area contributed by atoms with Crippen LogP contribution < -0.4 is 0 Å². The van der Waals surface area contributed by atoms with E-state index in [1.807, 2.05) is 48.5 Å². The molecule has 6 aromatic rings. The van der Waals surface area contributed by atoms with E-state index < -0.39 is 0 Å². The van der Waals surface area contributed by atoms with E-state index in [-0.39, 0.29) is 5.13 Å². The first kappa shape index (κ1) is 17.1. The molecule has 144 valence electrons. The molecule has 5 aromatic heterocycles. The van der Waals surface area contributed by atoms with E-state index in [4.69, 9.17) is 0 Å². The van der Waals surface area contributed by atoms with Gasteiger partial charge in [-0.15, -0.1) is 11.3 Å². The summed E-state index contributed by atoms with van der Waals surface area (Å²) in [5.74, 6) is 0. The number of aromatic amines is 2. The minimum absolute atomic E-state index is 0.189. The van der Waals surface area contributed by atoms with E-state index in [9.17, 15) is 4.39 Å². The third kappa shape index (κ3) is 2.71. The fourth-order valence-corrected chi connectivity index (χ4v) is 4.50. The van der Waals surface area contributed by atoms with Crippen LogP contribution in [0.25, 0.3) is 55.0 Å². The summed E-state index contributed by atoms with van der Waals surface area (Å²) in [6.45, 7) is 0. The van der Waals surface area contributed by atoms with Gasteiger partial charge in [0.05, 0.1) is 28.8 Å². The average molecular weight is 411 g/mol. The Labute approximate surface area is 174 Å². The highest BCUT2D eigenvalue weighted by molar-refractivity contribution is 7.14. The van der Waals surface area contributed by atoms with Gasteiger partial charge in [-0.25, -0.2) is 0 Å². The van der Waals surface area contributed by atoms with Crippen LogP contribution in [-0.2, 0) is 0 Å². The molecule has 0 fully saturated rings. The first-order chi connectivity index (χ1) is 14.8. The monoisotopic (exact) mass is 411 g/mol. The van der Waals surface area contributed by atoms with Crippen LogP contribution in [-0.4, -0.2) is 25.1 Å². The van der Waals surface area contributed by atoms with Gasteiger partial charge in [-0.2, -0.15) is 9.49 Å². The first-order valence-corrected chi connectivity index (χ1v) is 10.2. The smallest absolute Gasteiger partial charge is 0.176 e. The van der Waals surface area contributed by atoms with Crippen molar-refractivity contribution in [1.82, 2.24) is 25.1 Å². The van der Waals surface area contributed by atoms with Crippen LogP contribution in [0.3, 0.4) is 0 Å². The van der Waals surface area contributed by atoms with Crippen molar-refractivity contribution >= 4 is 33.1 Å². The standard InChI is InChI=1S/C23H14FN5S/c24-22-8-7-21(30-22)13-4-3-6-16-14(13)10-19(27-16)23-15-11-18(17-5-1-2-9-25-17)26-12-20(15)28-29-23/h1-12,27H,(H,28,29). The second-order valence-corrected chi connectivity index (χ2v) is 7.99. The first-order valence-electron chi connectivity index (χ1n) is 9.39. The number of fused-ring (bicyclic) bond motifs is 2. The average Bonchev–Trinajstić information content (AvgIpc) is 3.51. The second-order valence-electron chi connectivity index (χ2n) is 6.96. The molecule has 0 atom stereocenters. The maximum Gasteiger partial charge on any atom is 0.176 e. The van der Waals surface area contributed by atoms with Gasteiger partial charge < -0.3 is 4.98 Å².